The second-order valence-electron chi connectivity index (χ2n) is 7.32. The molecule has 1 aliphatic heterocycles. The summed E-state index contributed by atoms with van der Waals surface area (Å²) in [5.74, 6) is 0.00260. The predicted molar refractivity (Wildman–Crippen MR) is 108 cm³/mol. The van der Waals surface area contributed by atoms with Crippen molar-refractivity contribution in [3.8, 4) is 0 Å². The predicted octanol–water partition coefficient (Wildman–Crippen LogP) is 3.63. The Kier molecular flexibility index (Phi) is 5.94. The van der Waals surface area contributed by atoms with Crippen molar-refractivity contribution in [2.24, 2.45) is 0 Å². The molecule has 1 heterocycles. The van der Waals surface area contributed by atoms with E-state index in [1.165, 1.54) is 24.1 Å². The van der Waals surface area contributed by atoms with E-state index < -0.39 is 0 Å². The Bertz CT molecular complexity index is 733. The number of nitrogens with one attached hydrogen (secondary N) is 1. The monoisotopic (exact) mass is 351 g/mol. The number of amides is 1. The zero-order chi connectivity index (χ0) is 18.5. The van der Waals surface area contributed by atoms with Crippen molar-refractivity contribution in [3.63, 3.8) is 0 Å². The van der Waals surface area contributed by atoms with Gasteiger partial charge in [0.05, 0.1) is 6.04 Å². The molecule has 0 saturated carbocycles. The minimum atomic E-state index is 0.00260. The van der Waals surface area contributed by atoms with Crippen molar-refractivity contribution in [3.05, 3.63) is 65.2 Å². The first kappa shape index (κ1) is 18.5. The lowest BCUT2D eigenvalue weighted by Crippen LogP contribution is -2.36. The highest BCUT2D eigenvalue weighted by atomic mass is 16.1. The lowest BCUT2D eigenvalue weighted by atomic mass is 10.0. The number of likely N-dealkylation sites (tertiary alicyclic amines) is 1. The average molecular weight is 351 g/mol. The minimum absolute atomic E-state index is 0.00260. The molecule has 0 bridgehead atoms. The standard InChI is InChI=1S/C22H29N3O/c1-17-7-6-8-19(15-17)22(26)23-16-21(25-13-4-5-14-25)18-9-11-20(12-10-18)24(2)3/h6-12,15,21H,4-5,13-14,16H2,1-3H3,(H,23,26)/t21-/m1/s1. The van der Waals surface area contributed by atoms with Gasteiger partial charge in [-0.3, -0.25) is 9.69 Å². The molecular formula is C22H29N3O. The molecule has 1 saturated heterocycles. The van der Waals surface area contributed by atoms with Gasteiger partial charge in [0.15, 0.2) is 0 Å². The lowest BCUT2D eigenvalue weighted by Gasteiger charge is -2.28. The van der Waals surface area contributed by atoms with Gasteiger partial charge in [0.2, 0.25) is 0 Å². The lowest BCUT2D eigenvalue weighted by molar-refractivity contribution is 0.0938. The van der Waals surface area contributed by atoms with Crippen LogP contribution in [0.15, 0.2) is 48.5 Å². The SMILES string of the molecule is Cc1cccc(C(=O)NC[C@H](c2ccc(N(C)C)cc2)N2CCCC2)c1. The number of carbonyl (C=O) groups is 1. The maximum atomic E-state index is 12.6. The maximum absolute atomic E-state index is 12.6. The highest BCUT2D eigenvalue weighted by Gasteiger charge is 2.24. The quantitative estimate of drug-likeness (QED) is 0.863. The summed E-state index contributed by atoms with van der Waals surface area (Å²) in [4.78, 5) is 17.1. The number of hydrogen-bond acceptors (Lipinski definition) is 3. The number of aryl methyl sites for hydroxylation is 1. The van der Waals surface area contributed by atoms with E-state index in [9.17, 15) is 4.79 Å². The van der Waals surface area contributed by atoms with Crippen LogP contribution >= 0.6 is 0 Å². The molecule has 2 aromatic carbocycles. The normalized spacial score (nSPS) is 15.7. The van der Waals surface area contributed by atoms with Crippen LogP contribution < -0.4 is 10.2 Å². The van der Waals surface area contributed by atoms with E-state index >= 15 is 0 Å². The van der Waals surface area contributed by atoms with Crippen LogP contribution in [-0.2, 0) is 0 Å². The van der Waals surface area contributed by atoms with Crippen molar-refractivity contribution < 1.29 is 4.79 Å². The molecule has 1 N–H and O–H groups in total. The molecule has 4 heteroatoms. The Morgan fingerprint density at radius 3 is 2.42 bits per heavy atom. The second-order valence-corrected chi connectivity index (χ2v) is 7.32. The molecule has 0 aliphatic carbocycles. The zero-order valence-corrected chi connectivity index (χ0v) is 16.0. The third-order valence-electron chi connectivity index (χ3n) is 5.11. The van der Waals surface area contributed by atoms with Gasteiger partial charge in [-0.05, 0) is 62.7 Å². The van der Waals surface area contributed by atoms with Crippen molar-refractivity contribution in [2.75, 3.05) is 38.6 Å². The summed E-state index contributed by atoms with van der Waals surface area (Å²) in [5, 5.41) is 3.15. The largest absolute Gasteiger partial charge is 0.378 e. The van der Waals surface area contributed by atoms with Crippen LogP contribution in [0.4, 0.5) is 5.69 Å². The van der Waals surface area contributed by atoms with Crippen molar-refractivity contribution in [1.82, 2.24) is 10.2 Å². The van der Waals surface area contributed by atoms with Crippen molar-refractivity contribution in [1.29, 1.82) is 0 Å². The highest BCUT2D eigenvalue weighted by molar-refractivity contribution is 5.94. The Balaban J connectivity index is 1.73. The summed E-state index contributed by atoms with van der Waals surface area (Å²) in [6.07, 6.45) is 2.47. The number of carbonyl (C=O) groups excluding carboxylic acids is 1. The van der Waals surface area contributed by atoms with E-state index in [-0.39, 0.29) is 11.9 Å². The molecule has 1 fully saturated rings. The van der Waals surface area contributed by atoms with E-state index in [0.717, 1.165) is 24.2 Å². The molecule has 26 heavy (non-hydrogen) atoms. The van der Waals surface area contributed by atoms with Crippen LogP contribution in [0.3, 0.4) is 0 Å². The number of nitrogens with zero attached hydrogens (tertiary/aromatic N) is 2. The molecule has 2 aromatic rings. The maximum Gasteiger partial charge on any atom is 0.251 e. The Morgan fingerprint density at radius 1 is 1.12 bits per heavy atom. The first-order valence-corrected chi connectivity index (χ1v) is 9.41. The van der Waals surface area contributed by atoms with Gasteiger partial charge < -0.3 is 10.2 Å². The van der Waals surface area contributed by atoms with Crippen LogP contribution in [0.5, 0.6) is 0 Å². The second kappa shape index (κ2) is 8.37. The third-order valence-corrected chi connectivity index (χ3v) is 5.11. The summed E-state index contributed by atoms with van der Waals surface area (Å²) in [7, 11) is 4.10. The fourth-order valence-electron chi connectivity index (χ4n) is 3.58. The van der Waals surface area contributed by atoms with E-state index in [0.29, 0.717) is 6.54 Å². The molecule has 3 rings (SSSR count). The Hall–Kier alpha value is -2.33. The van der Waals surface area contributed by atoms with E-state index in [1.807, 2.05) is 31.2 Å². The summed E-state index contributed by atoms with van der Waals surface area (Å²) >= 11 is 0. The first-order valence-electron chi connectivity index (χ1n) is 9.41. The molecule has 1 aliphatic rings. The summed E-state index contributed by atoms with van der Waals surface area (Å²) in [6, 6.07) is 16.7. The summed E-state index contributed by atoms with van der Waals surface area (Å²) in [6.45, 7) is 4.84. The van der Waals surface area contributed by atoms with Gasteiger partial charge in [0.25, 0.3) is 5.91 Å². The summed E-state index contributed by atoms with van der Waals surface area (Å²) < 4.78 is 0. The van der Waals surface area contributed by atoms with Crippen molar-refractivity contribution >= 4 is 11.6 Å². The van der Waals surface area contributed by atoms with E-state index in [1.54, 1.807) is 0 Å². The van der Waals surface area contributed by atoms with Crippen molar-refractivity contribution in [2.45, 2.75) is 25.8 Å². The molecule has 1 amide bonds. The number of anilines is 1. The van der Waals surface area contributed by atoms with E-state index in [2.05, 4.69) is 53.5 Å². The van der Waals surface area contributed by atoms with Gasteiger partial charge >= 0.3 is 0 Å². The molecule has 0 unspecified atom stereocenters. The van der Waals surface area contributed by atoms with Crippen LogP contribution in [0.2, 0.25) is 0 Å². The van der Waals surface area contributed by atoms with Gasteiger partial charge in [-0.25, -0.2) is 0 Å². The molecule has 0 aromatic heterocycles. The van der Waals surface area contributed by atoms with Gasteiger partial charge in [0, 0.05) is 31.9 Å². The number of hydrogen-bond donors (Lipinski definition) is 1. The first-order chi connectivity index (χ1) is 12.5. The average Bonchev–Trinajstić information content (AvgIpc) is 3.16. The highest BCUT2D eigenvalue weighted by Crippen LogP contribution is 2.26. The fraction of sp³-hybridized carbons (Fsp3) is 0.409. The number of rotatable bonds is 6. The molecule has 138 valence electrons. The van der Waals surface area contributed by atoms with Crippen LogP contribution in [0.1, 0.15) is 40.4 Å². The van der Waals surface area contributed by atoms with Gasteiger partial charge in [-0.15, -0.1) is 0 Å². The molecule has 0 spiro atoms. The molecule has 0 radical (unpaired) electrons. The minimum Gasteiger partial charge on any atom is -0.378 e. The number of benzene rings is 2. The smallest absolute Gasteiger partial charge is 0.251 e. The van der Waals surface area contributed by atoms with Gasteiger partial charge in [-0.2, -0.15) is 0 Å². The molecule has 1 atom stereocenters. The van der Waals surface area contributed by atoms with Crippen LogP contribution in [0.25, 0.3) is 0 Å². The van der Waals surface area contributed by atoms with Crippen LogP contribution in [0, 0.1) is 6.92 Å². The zero-order valence-electron chi connectivity index (χ0n) is 16.0. The van der Waals surface area contributed by atoms with Gasteiger partial charge in [-0.1, -0.05) is 29.8 Å². The third kappa shape index (κ3) is 4.44. The Labute approximate surface area is 156 Å². The molecule has 4 nitrogen and oxygen atoms in total. The van der Waals surface area contributed by atoms with Gasteiger partial charge in [0.1, 0.15) is 0 Å². The topological polar surface area (TPSA) is 35.6 Å². The Morgan fingerprint density at radius 2 is 1.81 bits per heavy atom. The molecular weight excluding hydrogens is 322 g/mol. The fourth-order valence-corrected chi connectivity index (χ4v) is 3.58. The van der Waals surface area contributed by atoms with Crippen LogP contribution in [-0.4, -0.2) is 44.5 Å². The summed E-state index contributed by atoms with van der Waals surface area (Å²) in [5.41, 5.74) is 4.29. The van der Waals surface area contributed by atoms with E-state index in [4.69, 9.17) is 0 Å².